The van der Waals surface area contributed by atoms with E-state index in [1.807, 2.05) is 0 Å². The molecule has 1 aliphatic carbocycles. The fourth-order valence-electron chi connectivity index (χ4n) is 2.20. The van der Waals surface area contributed by atoms with Crippen molar-refractivity contribution in [3.05, 3.63) is 0 Å². The van der Waals surface area contributed by atoms with E-state index >= 15 is 0 Å². The average Bonchev–Trinajstić information content (AvgIpc) is 2.41. The second kappa shape index (κ2) is 2.73. The first-order valence-corrected chi connectivity index (χ1v) is 4.58. The lowest BCUT2D eigenvalue weighted by atomic mass is 9.72. The Hall–Kier alpha value is -0.570. The molecule has 0 aromatic heterocycles. The summed E-state index contributed by atoms with van der Waals surface area (Å²) < 4.78 is 4.96. The Labute approximate surface area is 71.7 Å². The smallest absolute Gasteiger partial charge is 0.312 e. The summed E-state index contributed by atoms with van der Waals surface area (Å²) in [6, 6.07) is 0. The van der Waals surface area contributed by atoms with Crippen molar-refractivity contribution in [2.24, 2.45) is 5.41 Å². The van der Waals surface area contributed by atoms with Gasteiger partial charge in [0.1, 0.15) is 0 Å². The Morgan fingerprint density at radius 3 is 2.50 bits per heavy atom. The molecule has 1 heterocycles. The van der Waals surface area contributed by atoms with Gasteiger partial charge in [-0.25, -0.2) is 0 Å². The van der Waals surface area contributed by atoms with Crippen molar-refractivity contribution >= 4 is 5.97 Å². The standard InChI is InChI=1S/C9H14O3/c10-7-1-3-9(4-2-7)5-6-12-8(9)11/h7,10H,1-6H2. The van der Waals surface area contributed by atoms with Crippen LogP contribution < -0.4 is 0 Å². The molecule has 0 unspecified atom stereocenters. The van der Waals surface area contributed by atoms with Crippen molar-refractivity contribution in [2.45, 2.75) is 38.2 Å². The van der Waals surface area contributed by atoms with Crippen molar-refractivity contribution < 1.29 is 14.6 Å². The highest BCUT2D eigenvalue weighted by Gasteiger charge is 2.46. The molecule has 0 amide bonds. The van der Waals surface area contributed by atoms with E-state index in [1.54, 1.807) is 0 Å². The van der Waals surface area contributed by atoms with Gasteiger partial charge >= 0.3 is 5.97 Å². The molecule has 3 nitrogen and oxygen atoms in total. The van der Waals surface area contributed by atoms with E-state index in [0.29, 0.717) is 6.61 Å². The summed E-state index contributed by atoms with van der Waals surface area (Å²) in [6.07, 6.45) is 3.81. The molecule has 0 aromatic carbocycles. The van der Waals surface area contributed by atoms with Gasteiger partial charge in [-0.05, 0) is 32.1 Å². The lowest BCUT2D eigenvalue weighted by Crippen LogP contribution is -2.33. The SMILES string of the molecule is O=C1OCCC12CCC(O)CC2. The van der Waals surface area contributed by atoms with Gasteiger partial charge in [-0.3, -0.25) is 4.79 Å². The summed E-state index contributed by atoms with van der Waals surface area (Å²) >= 11 is 0. The van der Waals surface area contributed by atoms with Gasteiger partial charge in [0, 0.05) is 0 Å². The molecule has 0 radical (unpaired) electrons. The maximum Gasteiger partial charge on any atom is 0.312 e. The fourth-order valence-corrected chi connectivity index (χ4v) is 2.20. The van der Waals surface area contributed by atoms with Crippen molar-refractivity contribution in [1.29, 1.82) is 0 Å². The number of aliphatic hydroxyl groups excluding tert-OH is 1. The van der Waals surface area contributed by atoms with Crippen molar-refractivity contribution in [3.63, 3.8) is 0 Å². The molecule has 12 heavy (non-hydrogen) atoms. The second-order valence-corrected chi connectivity index (χ2v) is 3.90. The number of hydrogen-bond acceptors (Lipinski definition) is 3. The van der Waals surface area contributed by atoms with Crippen molar-refractivity contribution in [3.8, 4) is 0 Å². The largest absolute Gasteiger partial charge is 0.465 e. The Bertz CT molecular complexity index is 192. The molecule has 3 heteroatoms. The number of carbonyl (C=O) groups excluding carboxylic acids is 1. The van der Waals surface area contributed by atoms with Crippen LogP contribution in [0.1, 0.15) is 32.1 Å². The van der Waals surface area contributed by atoms with Crippen molar-refractivity contribution in [1.82, 2.24) is 0 Å². The number of hydrogen-bond donors (Lipinski definition) is 1. The summed E-state index contributed by atoms with van der Waals surface area (Å²) in [6.45, 7) is 0.578. The van der Waals surface area contributed by atoms with Gasteiger partial charge in [-0.2, -0.15) is 0 Å². The van der Waals surface area contributed by atoms with Gasteiger partial charge in [-0.1, -0.05) is 0 Å². The first kappa shape index (κ1) is 8.05. The molecular formula is C9H14O3. The van der Waals surface area contributed by atoms with Gasteiger partial charge in [0.15, 0.2) is 0 Å². The molecule has 1 spiro atoms. The molecule has 0 aromatic rings. The van der Waals surface area contributed by atoms with E-state index in [9.17, 15) is 9.90 Å². The first-order chi connectivity index (χ1) is 5.73. The number of aliphatic hydroxyl groups is 1. The molecule has 1 saturated heterocycles. The Morgan fingerprint density at radius 1 is 1.33 bits per heavy atom. The minimum atomic E-state index is -0.209. The lowest BCUT2D eigenvalue weighted by Gasteiger charge is -2.31. The molecular weight excluding hydrogens is 156 g/mol. The zero-order valence-corrected chi connectivity index (χ0v) is 7.08. The highest BCUT2D eigenvalue weighted by atomic mass is 16.5. The van der Waals surface area contributed by atoms with Crippen LogP contribution in [0.25, 0.3) is 0 Å². The fraction of sp³-hybridized carbons (Fsp3) is 0.889. The molecule has 1 N–H and O–H groups in total. The summed E-state index contributed by atoms with van der Waals surface area (Å²) in [7, 11) is 0. The van der Waals surface area contributed by atoms with Gasteiger partial charge < -0.3 is 9.84 Å². The average molecular weight is 170 g/mol. The number of cyclic esters (lactones) is 1. The Kier molecular flexibility index (Phi) is 1.83. The Balaban J connectivity index is 2.07. The minimum absolute atomic E-state index is 0.0330. The van der Waals surface area contributed by atoms with Crippen LogP contribution in [-0.2, 0) is 9.53 Å². The predicted octanol–water partition coefficient (Wildman–Crippen LogP) is 0.855. The first-order valence-electron chi connectivity index (χ1n) is 4.58. The van der Waals surface area contributed by atoms with E-state index < -0.39 is 0 Å². The van der Waals surface area contributed by atoms with Gasteiger partial charge in [0.05, 0.1) is 18.1 Å². The second-order valence-electron chi connectivity index (χ2n) is 3.90. The van der Waals surface area contributed by atoms with E-state index in [4.69, 9.17) is 4.74 Å². The maximum atomic E-state index is 11.4. The number of rotatable bonds is 0. The van der Waals surface area contributed by atoms with Crippen molar-refractivity contribution in [2.75, 3.05) is 6.61 Å². The maximum absolute atomic E-state index is 11.4. The molecule has 1 aliphatic heterocycles. The Morgan fingerprint density at radius 2 is 2.00 bits per heavy atom. The third-order valence-electron chi connectivity index (χ3n) is 3.16. The quantitative estimate of drug-likeness (QED) is 0.548. The molecule has 68 valence electrons. The van der Waals surface area contributed by atoms with E-state index in [2.05, 4.69) is 0 Å². The molecule has 0 atom stereocenters. The predicted molar refractivity (Wildman–Crippen MR) is 42.5 cm³/mol. The molecule has 0 bridgehead atoms. The van der Waals surface area contributed by atoms with Crippen LogP contribution in [0.4, 0.5) is 0 Å². The van der Waals surface area contributed by atoms with Crippen LogP contribution in [-0.4, -0.2) is 23.8 Å². The summed E-state index contributed by atoms with van der Waals surface area (Å²) in [5.41, 5.74) is -0.209. The summed E-state index contributed by atoms with van der Waals surface area (Å²) in [5.74, 6) is -0.0330. The minimum Gasteiger partial charge on any atom is -0.465 e. The van der Waals surface area contributed by atoms with Crippen LogP contribution in [0.15, 0.2) is 0 Å². The molecule has 2 rings (SSSR count). The summed E-state index contributed by atoms with van der Waals surface area (Å²) in [5, 5.41) is 9.29. The summed E-state index contributed by atoms with van der Waals surface area (Å²) in [4.78, 5) is 11.4. The molecule has 2 aliphatic rings. The van der Waals surface area contributed by atoms with Gasteiger partial charge in [0.2, 0.25) is 0 Å². The lowest BCUT2D eigenvalue weighted by molar-refractivity contribution is -0.148. The number of esters is 1. The van der Waals surface area contributed by atoms with Crippen LogP contribution >= 0.6 is 0 Å². The monoisotopic (exact) mass is 170 g/mol. The van der Waals surface area contributed by atoms with Crippen LogP contribution in [0.5, 0.6) is 0 Å². The van der Waals surface area contributed by atoms with E-state index in [0.717, 1.165) is 32.1 Å². The number of carbonyl (C=O) groups is 1. The molecule has 1 saturated carbocycles. The zero-order chi connectivity index (χ0) is 8.60. The van der Waals surface area contributed by atoms with E-state index in [-0.39, 0.29) is 17.5 Å². The normalized spacial score (nSPS) is 41.8. The highest BCUT2D eigenvalue weighted by Crippen LogP contribution is 2.43. The molecule has 2 fully saturated rings. The van der Waals surface area contributed by atoms with Crippen LogP contribution in [0, 0.1) is 5.41 Å². The third kappa shape index (κ3) is 1.12. The van der Waals surface area contributed by atoms with Gasteiger partial charge in [0.25, 0.3) is 0 Å². The van der Waals surface area contributed by atoms with Gasteiger partial charge in [-0.15, -0.1) is 0 Å². The zero-order valence-electron chi connectivity index (χ0n) is 7.08. The topological polar surface area (TPSA) is 46.5 Å². The van der Waals surface area contributed by atoms with E-state index in [1.165, 1.54) is 0 Å². The highest BCUT2D eigenvalue weighted by molar-refractivity contribution is 5.78. The number of ether oxygens (including phenoxy) is 1. The van der Waals surface area contributed by atoms with Crippen LogP contribution in [0.3, 0.4) is 0 Å². The third-order valence-corrected chi connectivity index (χ3v) is 3.16. The van der Waals surface area contributed by atoms with Crippen LogP contribution in [0.2, 0.25) is 0 Å².